The number of morpholine rings is 1. The molecule has 3 N–H and O–H groups in total. The summed E-state index contributed by atoms with van der Waals surface area (Å²) in [5, 5.41) is 17.3. The van der Waals surface area contributed by atoms with Gasteiger partial charge in [-0.2, -0.15) is 0 Å². The molecule has 22 heavy (non-hydrogen) atoms. The molecule has 0 aromatic heterocycles. The van der Waals surface area contributed by atoms with Crippen LogP contribution in [0.5, 0.6) is 0 Å². The lowest BCUT2D eigenvalue weighted by Gasteiger charge is -2.23. The third-order valence-corrected chi connectivity index (χ3v) is 3.75. The lowest BCUT2D eigenvalue weighted by Crippen LogP contribution is -3.14. The fraction of sp³-hybridized carbons (Fsp3) is 0.500. The first-order valence-electron chi connectivity index (χ1n) is 7.36. The summed E-state index contributed by atoms with van der Waals surface area (Å²) in [6.45, 7) is 5.69. The molecule has 0 saturated carbocycles. The minimum Gasteiger partial charge on any atom is -0.370 e. The summed E-state index contributed by atoms with van der Waals surface area (Å²) in [6.07, 6.45) is 1.02. The number of nitro benzene ring substituents is 1. The Morgan fingerprint density at radius 1 is 1.41 bits per heavy atom. The third kappa shape index (κ3) is 5.55. The van der Waals surface area contributed by atoms with Crippen LogP contribution in [0.2, 0.25) is 0 Å². The fourth-order valence-corrected chi connectivity index (χ4v) is 2.54. The molecule has 1 aromatic carbocycles. The van der Waals surface area contributed by atoms with Crippen LogP contribution in [0.4, 0.5) is 11.4 Å². The molecule has 0 atom stereocenters. The summed E-state index contributed by atoms with van der Waals surface area (Å²) in [4.78, 5) is 11.9. The molecule has 1 heterocycles. The molecule has 0 unspecified atom stereocenters. The number of nitro groups is 1. The molecule has 0 bridgehead atoms. The maximum atomic E-state index is 10.7. The average molecular weight is 325 g/mol. The van der Waals surface area contributed by atoms with Crippen LogP contribution in [0.15, 0.2) is 24.3 Å². The van der Waals surface area contributed by atoms with Crippen molar-refractivity contribution in [2.45, 2.75) is 6.42 Å². The van der Waals surface area contributed by atoms with Gasteiger partial charge in [0.1, 0.15) is 13.1 Å². The Kier molecular flexibility index (Phi) is 6.50. The van der Waals surface area contributed by atoms with Crippen molar-refractivity contribution in [3.8, 4) is 0 Å². The molecule has 0 aliphatic carbocycles. The zero-order valence-electron chi connectivity index (χ0n) is 12.3. The fourth-order valence-electron chi connectivity index (χ4n) is 2.32. The van der Waals surface area contributed by atoms with Crippen molar-refractivity contribution in [1.82, 2.24) is 5.32 Å². The molecule has 1 fully saturated rings. The smallest absolute Gasteiger partial charge is 0.271 e. The van der Waals surface area contributed by atoms with E-state index < -0.39 is 4.92 Å². The van der Waals surface area contributed by atoms with Gasteiger partial charge in [-0.3, -0.25) is 10.1 Å². The lowest BCUT2D eigenvalue weighted by atomic mass is 10.3. The minimum absolute atomic E-state index is 0.0451. The molecule has 0 spiro atoms. The van der Waals surface area contributed by atoms with Gasteiger partial charge < -0.3 is 20.3 Å². The molecule has 120 valence electrons. The molecule has 1 aromatic rings. The Morgan fingerprint density at radius 2 is 2.18 bits per heavy atom. The van der Waals surface area contributed by atoms with Crippen molar-refractivity contribution < 1.29 is 14.6 Å². The SMILES string of the molecule is O=[N+]([O-])c1cccc(NC(=S)NCCC[NH+]2CCOCC2)c1. The monoisotopic (exact) mass is 325 g/mol. The Balaban J connectivity index is 1.67. The number of benzene rings is 1. The normalized spacial score (nSPS) is 15.3. The van der Waals surface area contributed by atoms with Crippen LogP contribution < -0.4 is 15.5 Å². The van der Waals surface area contributed by atoms with E-state index in [0.717, 1.165) is 45.8 Å². The van der Waals surface area contributed by atoms with E-state index in [-0.39, 0.29) is 5.69 Å². The molecule has 0 radical (unpaired) electrons. The Morgan fingerprint density at radius 3 is 2.91 bits per heavy atom. The van der Waals surface area contributed by atoms with E-state index in [1.165, 1.54) is 12.1 Å². The Labute approximate surface area is 134 Å². The van der Waals surface area contributed by atoms with E-state index in [2.05, 4.69) is 10.6 Å². The van der Waals surface area contributed by atoms with Gasteiger partial charge in [0.25, 0.3) is 5.69 Å². The summed E-state index contributed by atoms with van der Waals surface area (Å²) >= 11 is 5.20. The maximum absolute atomic E-state index is 10.7. The van der Waals surface area contributed by atoms with Crippen LogP contribution in [0, 0.1) is 10.1 Å². The third-order valence-electron chi connectivity index (χ3n) is 3.51. The second-order valence-corrected chi connectivity index (χ2v) is 5.56. The van der Waals surface area contributed by atoms with Gasteiger partial charge in [-0.25, -0.2) is 0 Å². The van der Waals surface area contributed by atoms with Crippen LogP contribution in [0.25, 0.3) is 0 Å². The number of anilines is 1. The van der Waals surface area contributed by atoms with Gasteiger partial charge in [-0.15, -0.1) is 0 Å². The quantitative estimate of drug-likeness (QED) is 0.300. The minimum atomic E-state index is -0.424. The highest BCUT2D eigenvalue weighted by Gasteiger charge is 2.12. The van der Waals surface area contributed by atoms with Gasteiger partial charge in [0.15, 0.2) is 5.11 Å². The summed E-state index contributed by atoms with van der Waals surface area (Å²) in [5.41, 5.74) is 0.661. The lowest BCUT2D eigenvalue weighted by molar-refractivity contribution is -0.908. The summed E-state index contributed by atoms with van der Waals surface area (Å²) in [6, 6.07) is 6.29. The number of nitrogens with one attached hydrogen (secondary N) is 3. The molecule has 1 aliphatic rings. The van der Waals surface area contributed by atoms with Crippen LogP contribution in [0.1, 0.15) is 6.42 Å². The molecular weight excluding hydrogens is 304 g/mol. The van der Waals surface area contributed by atoms with Crippen LogP contribution in [0.3, 0.4) is 0 Å². The van der Waals surface area contributed by atoms with Gasteiger partial charge in [0, 0.05) is 30.8 Å². The Hall–Kier alpha value is -1.77. The van der Waals surface area contributed by atoms with Gasteiger partial charge in [-0.1, -0.05) is 6.07 Å². The predicted octanol–water partition coefficient (Wildman–Crippen LogP) is 0.186. The van der Waals surface area contributed by atoms with Crippen molar-refractivity contribution in [1.29, 1.82) is 0 Å². The second kappa shape index (κ2) is 8.62. The van der Waals surface area contributed by atoms with Crippen LogP contribution in [-0.2, 0) is 4.74 Å². The molecule has 7 nitrogen and oxygen atoms in total. The molecule has 8 heteroatoms. The number of ether oxygens (including phenoxy) is 1. The highest BCUT2D eigenvalue weighted by molar-refractivity contribution is 7.80. The number of non-ortho nitro benzene ring substituents is 1. The van der Waals surface area contributed by atoms with E-state index in [4.69, 9.17) is 17.0 Å². The largest absolute Gasteiger partial charge is 0.370 e. The number of quaternary nitrogens is 1. The van der Waals surface area contributed by atoms with Crippen molar-refractivity contribution in [3.63, 3.8) is 0 Å². The van der Waals surface area contributed by atoms with E-state index in [1.54, 1.807) is 17.0 Å². The van der Waals surface area contributed by atoms with Crippen LogP contribution >= 0.6 is 12.2 Å². The van der Waals surface area contributed by atoms with Crippen molar-refractivity contribution in [3.05, 3.63) is 34.4 Å². The van der Waals surface area contributed by atoms with Gasteiger partial charge in [-0.05, 0) is 18.3 Å². The van der Waals surface area contributed by atoms with Gasteiger partial charge in [0.05, 0.1) is 24.7 Å². The number of thiocarbonyl (C=S) groups is 1. The highest BCUT2D eigenvalue weighted by atomic mass is 32.1. The van der Waals surface area contributed by atoms with Crippen molar-refractivity contribution in [2.75, 3.05) is 44.7 Å². The standard InChI is InChI=1S/C14H20N4O3S/c19-18(20)13-4-1-3-12(11-13)16-14(22)15-5-2-6-17-7-9-21-10-8-17/h1,3-4,11H,2,5-10H2,(H2,15,16,22)/p+1. The van der Waals surface area contributed by atoms with Crippen LogP contribution in [-0.4, -0.2) is 49.4 Å². The first kappa shape index (κ1) is 16.6. The molecular formula is C14H21N4O3S+. The topological polar surface area (TPSA) is 80.9 Å². The maximum Gasteiger partial charge on any atom is 0.271 e. The van der Waals surface area contributed by atoms with Crippen molar-refractivity contribution in [2.24, 2.45) is 0 Å². The average Bonchev–Trinajstić information content (AvgIpc) is 2.53. The molecule has 1 aliphatic heterocycles. The van der Waals surface area contributed by atoms with Gasteiger partial charge >= 0.3 is 0 Å². The zero-order valence-corrected chi connectivity index (χ0v) is 13.2. The Bertz CT molecular complexity index is 521. The van der Waals surface area contributed by atoms with Crippen molar-refractivity contribution >= 4 is 28.7 Å². The summed E-state index contributed by atoms with van der Waals surface area (Å²) < 4.78 is 5.32. The summed E-state index contributed by atoms with van der Waals surface area (Å²) in [5.74, 6) is 0. The first-order chi connectivity index (χ1) is 10.6. The van der Waals surface area contributed by atoms with E-state index in [1.807, 2.05) is 0 Å². The second-order valence-electron chi connectivity index (χ2n) is 5.15. The summed E-state index contributed by atoms with van der Waals surface area (Å²) in [7, 11) is 0. The number of nitrogens with zero attached hydrogens (tertiary/aromatic N) is 1. The first-order valence-corrected chi connectivity index (χ1v) is 7.76. The number of rotatable bonds is 6. The van der Waals surface area contributed by atoms with E-state index in [0.29, 0.717) is 10.8 Å². The highest BCUT2D eigenvalue weighted by Crippen LogP contribution is 2.16. The molecule has 0 amide bonds. The van der Waals surface area contributed by atoms with E-state index >= 15 is 0 Å². The predicted molar refractivity (Wildman–Crippen MR) is 88.3 cm³/mol. The number of hydrogen-bond donors (Lipinski definition) is 3. The molecule has 1 saturated heterocycles. The van der Waals surface area contributed by atoms with Gasteiger partial charge in [0.2, 0.25) is 0 Å². The van der Waals surface area contributed by atoms with E-state index in [9.17, 15) is 10.1 Å². The molecule has 2 rings (SSSR count). The number of hydrogen-bond acceptors (Lipinski definition) is 4. The zero-order chi connectivity index (χ0) is 15.8.